The van der Waals surface area contributed by atoms with Crippen molar-refractivity contribution in [2.45, 2.75) is 20.0 Å². The Hall–Kier alpha value is -1.36. The first-order valence-corrected chi connectivity index (χ1v) is 7.29. The lowest BCUT2D eigenvalue weighted by Crippen LogP contribution is -2.11. The minimum atomic E-state index is 0.721. The van der Waals surface area contributed by atoms with Gasteiger partial charge in [0.2, 0.25) is 0 Å². The van der Waals surface area contributed by atoms with E-state index in [2.05, 4.69) is 29.4 Å². The van der Waals surface area contributed by atoms with E-state index in [1.807, 2.05) is 40.3 Å². The van der Waals surface area contributed by atoms with E-state index in [-0.39, 0.29) is 0 Å². The largest absolute Gasteiger partial charge is 0.306 e. The Morgan fingerprint density at radius 2 is 2.11 bits per heavy atom. The molecule has 0 aliphatic heterocycles. The van der Waals surface area contributed by atoms with Gasteiger partial charge in [0.1, 0.15) is 5.65 Å². The highest BCUT2D eigenvalue weighted by Crippen LogP contribution is 2.15. The van der Waals surface area contributed by atoms with Gasteiger partial charge in [-0.05, 0) is 31.2 Å². The molecule has 0 unspecified atom stereocenters. The zero-order chi connectivity index (χ0) is 13.2. The van der Waals surface area contributed by atoms with E-state index in [0.717, 1.165) is 29.5 Å². The molecule has 3 aromatic rings. The van der Waals surface area contributed by atoms with Gasteiger partial charge in [0.05, 0.1) is 10.7 Å². The topological polar surface area (TPSA) is 29.3 Å². The Morgan fingerprint density at radius 1 is 1.21 bits per heavy atom. The lowest BCUT2D eigenvalue weighted by molar-refractivity contribution is 0.690. The molecule has 0 bridgehead atoms. The van der Waals surface area contributed by atoms with Gasteiger partial charge in [0.25, 0.3) is 0 Å². The molecule has 0 radical (unpaired) electrons. The molecule has 19 heavy (non-hydrogen) atoms. The van der Waals surface area contributed by atoms with Crippen LogP contribution in [-0.4, -0.2) is 9.38 Å². The van der Waals surface area contributed by atoms with Gasteiger partial charge in [-0.25, -0.2) is 4.98 Å². The van der Waals surface area contributed by atoms with Crippen molar-refractivity contribution < 1.29 is 0 Å². The quantitative estimate of drug-likeness (QED) is 0.795. The number of imidazole rings is 1. The van der Waals surface area contributed by atoms with E-state index in [0.29, 0.717) is 0 Å². The third-order valence-electron chi connectivity index (χ3n) is 2.87. The maximum absolute atomic E-state index is 5.95. The van der Waals surface area contributed by atoms with Crippen LogP contribution in [0.3, 0.4) is 0 Å². The molecule has 0 aliphatic carbocycles. The van der Waals surface area contributed by atoms with Gasteiger partial charge in [0.15, 0.2) is 0 Å². The molecule has 0 atom stereocenters. The fraction of sp³-hybridized carbons (Fsp3) is 0.214. The van der Waals surface area contributed by atoms with Gasteiger partial charge in [-0.15, -0.1) is 11.3 Å². The van der Waals surface area contributed by atoms with Crippen LogP contribution in [0.2, 0.25) is 5.02 Å². The molecule has 3 rings (SSSR count). The summed E-state index contributed by atoms with van der Waals surface area (Å²) in [6, 6.07) is 8.09. The Labute approximate surface area is 120 Å². The van der Waals surface area contributed by atoms with Crippen LogP contribution in [0.5, 0.6) is 0 Å². The lowest BCUT2D eigenvalue weighted by Gasteiger charge is -1.99. The summed E-state index contributed by atoms with van der Waals surface area (Å²) in [4.78, 5) is 7.23. The standard InChI is InChI=1S/C14H14ClN3S/c1-10-2-4-13(19-10)7-16-6-12-9-18-8-11(15)3-5-14(18)17-12/h2-5,8-9,16H,6-7H2,1H3. The van der Waals surface area contributed by atoms with Crippen molar-refractivity contribution in [2.24, 2.45) is 0 Å². The average molecular weight is 292 g/mol. The van der Waals surface area contributed by atoms with E-state index < -0.39 is 0 Å². The Balaban J connectivity index is 1.65. The average Bonchev–Trinajstić information content (AvgIpc) is 2.95. The van der Waals surface area contributed by atoms with Gasteiger partial charge < -0.3 is 9.72 Å². The predicted molar refractivity (Wildman–Crippen MR) is 79.8 cm³/mol. The molecular formula is C14H14ClN3S. The highest BCUT2D eigenvalue weighted by atomic mass is 35.5. The van der Waals surface area contributed by atoms with Crippen molar-refractivity contribution in [3.05, 3.63) is 57.1 Å². The monoisotopic (exact) mass is 291 g/mol. The van der Waals surface area contributed by atoms with Gasteiger partial charge in [-0.3, -0.25) is 0 Å². The maximum Gasteiger partial charge on any atom is 0.137 e. The fourth-order valence-corrected chi connectivity index (χ4v) is 3.02. The summed E-state index contributed by atoms with van der Waals surface area (Å²) in [6.07, 6.45) is 3.88. The van der Waals surface area contributed by atoms with Crippen molar-refractivity contribution >= 4 is 28.6 Å². The number of pyridine rings is 1. The summed E-state index contributed by atoms with van der Waals surface area (Å²) < 4.78 is 1.95. The van der Waals surface area contributed by atoms with E-state index in [1.54, 1.807) is 0 Å². The van der Waals surface area contributed by atoms with Crippen molar-refractivity contribution in [1.29, 1.82) is 0 Å². The van der Waals surface area contributed by atoms with Crippen LogP contribution in [0.25, 0.3) is 5.65 Å². The molecule has 0 saturated heterocycles. The highest BCUT2D eigenvalue weighted by Gasteiger charge is 2.02. The first-order valence-electron chi connectivity index (χ1n) is 6.10. The van der Waals surface area contributed by atoms with Crippen LogP contribution in [0, 0.1) is 6.92 Å². The molecule has 0 aliphatic rings. The minimum Gasteiger partial charge on any atom is -0.306 e. The van der Waals surface area contributed by atoms with Gasteiger partial charge in [-0.2, -0.15) is 0 Å². The van der Waals surface area contributed by atoms with Crippen LogP contribution in [-0.2, 0) is 13.1 Å². The third kappa shape index (κ3) is 2.97. The molecule has 1 N–H and O–H groups in total. The molecule has 98 valence electrons. The molecule has 3 heterocycles. The smallest absolute Gasteiger partial charge is 0.137 e. The summed E-state index contributed by atoms with van der Waals surface area (Å²) in [5, 5.41) is 4.13. The van der Waals surface area contributed by atoms with Crippen molar-refractivity contribution in [2.75, 3.05) is 0 Å². The number of hydrogen-bond acceptors (Lipinski definition) is 3. The van der Waals surface area contributed by atoms with Crippen molar-refractivity contribution in [3.8, 4) is 0 Å². The second-order valence-corrected chi connectivity index (χ2v) is 6.27. The number of fused-ring (bicyclic) bond motifs is 1. The van der Waals surface area contributed by atoms with E-state index in [9.17, 15) is 0 Å². The van der Waals surface area contributed by atoms with Crippen LogP contribution in [0.4, 0.5) is 0 Å². The molecule has 0 amide bonds. The lowest BCUT2D eigenvalue weighted by atomic mass is 10.4. The number of aryl methyl sites for hydroxylation is 1. The van der Waals surface area contributed by atoms with Crippen molar-refractivity contribution in [1.82, 2.24) is 14.7 Å². The van der Waals surface area contributed by atoms with Crippen LogP contribution >= 0.6 is 22.9 Å². The van der Waals surface area contributed by atoms with E-state index in [4.69, 9.17) is 11.6 Å². The predicted octanol–water partition coefficient (Wildman–Crippen LogP) is 3.65. The second kappa shape index (κ2) is 5.33. The van der Waals surface area contributed by atoms with Gasteiger partial charge in [-0.1, -0.05) is 11.6 Å². The molecule has 0 spiro atoms. The van der Waals surface area contributed by atoms with Gasteiger partial charge >= 0.3 is 0 Å². The normalized spacial score (nSPS) is 11.3. The number of nitrogens with one attached hydrogen (secondary N) is 1. The van der Waals surface area contributed by atoms with Crippen molar-refractivity contribution in [3.63, 3.8) is 0 Å². The summed E-state index contributed by atoms with van der Waals surface area (Å²) in [7, 11) is 0. The third-order valence-corrected chi connectivity index (χ3v) is 4.09. The molecule has 5 heteroatoms. The second-order valence-electron chi connectivity index (χ2n) is 4.46. The zero-order valence-electron chi connectivity index (χ0n) is 10.6. The zero-order valence-corrected chi connectivity index (χ0v) is 12.1. The number of nitrogens with zero attached hydrogens (tertiary/aromatic N) is 2. The van der Waals surface area contributed by atoms with E-state index >= 15 is 0 Å². The van der Waals surface area contributed by atoms with Gasteiger partial charge in [0, 0.05) is 35.2 Å². The maximum atomic E-state index is 5.95. The van der Waals surface area contributed by atoms with E-state index in [1.165, 1.54) is 9.75 Å². The molecular weight excluding hydrogens is 278 g/mol. The molecule has 0 saturated carbocycles. The fourth-order valence-electron chi connectivity index (χ4n) is 2.00. The SMILES string of the molecule is Cc1ccc(CNCc2cn3cc(Cl)ccc3n2)s1. The summed E-state index contributed by atoms with van der Waals surface area (Å²) in [5.41, 5.74) is 1.95. The van der Waals surface area contributed by atoms with Crippen LogP contribution in [0.15, 0.2) is 36.7 Å². The Morgan fingerprint density at radius 3 is 2.89 bits per heavy atom. The summed E-state index contributed by atoms with van der Waals surface area (Å²) in [5.74, 6) is 0. The number of halogens is 1. The number of aromatic nitrogens is 2. The first kappa shape index (κ1) is 12.7. The van der Waals surface area contributed by atoms with Crippen LogP contribution in [0.1, 0.15) is 15.4 Å². The molecule has 0 aromatic carbocycles. The first-order chi connectivity index (χ1) is 9.20. The summed E-state index contributed by atoms with van der Waals surface area (Å²) in [6.45, 7) is 3.77. The number of thiophene rings is 1. The highest BCUT2D eigenvalue weighted by molar-refractivity contribution is 7.11. The minimum absolute atomic E-state index is 0.721. The summed E-state index contributed by atoms with van der Waals surface area (Å²) >= 11 is 7.78. The number of hydrogen-bond donors (Lipinski definition) is 1. The van der Waals surface area contributed by atoms with Crippen LogP contribution < -0.4 is 5.32 Å². The Bertz CT molecular complexity index is 702. The number of rotatable bonds is 4. The molecule has 3 aromatic heterocycles. The Kier molecular flexibility index (Phi) is 3.55. The molecule has 3 nitrogen and oxygen atoms in total. The molecule has 0 fully saturated rings.